The van der Waals surface area contributed by atoms with Crippen LogP contribution in [0, 0.1) is 13.8 Å². The van der Waals surface area contributed by atoms with E-state index in [9.17, 15) is 9.59 Å². The van der Waals surface area contributed by atoms with Crippen LogP contribution in [0.1, 0.15) is 49.1 Å². The predicted octanol–water partition coefficient (Wildman–Crippen LogP) is 1.48. The van der Waals surface area contributed by atoms with Gasteiger partial charge in [0, 0.05) is 38.2 Å². The van der Waals surface area contributed by atoms with Crippen LogP contribution in [0.3, 0.4) is 0 Å². The predicted molar refractivity (Wildman–Crippen MR) is 84.4 cm³/mol. The van der Waals surface area contributed by atoms with Crippen molar-refractivity contribution in [3.8, 4) is 0 Å². The second-order valence-corrected chi connectivity index (χ2v) is 5.95. The fraction of sp³-hybridized carbons (Fsp3) is 0.688. The van der Waals surface area contributed by atoms with Gasteiger partial charge in [0.1, 0.15) is 0 Å². The summed E-state index contributed by atoms with van der Waals surface area (Å²) in [5.41, 5.74) is 3.24. The Morgan fingerprint density at radius 1 is 1.36 bits per heavy atom. The molecule has 1 aliphatic heterocycles. The number of piperidine rings is 1. The monoisotopic (exact) mass is 306 g/mol. The second-order valence-electron chi connectivity index (χ2n) is 5.95. The molecule has 0 aliphatic carbocycles. The van der Waals surface area contributed by atoms with Gasteiger partial charge in [0.25, 0.3) is 0 Å². The van der Waals surface area contributed by atoms with Crippen molar-refractivity contribution in [2.24, 2.45) is 0 Å². The molecule has 22 heavy (non-hydrogen) atoms. The number of hydrogen-bond donors (Lipinski definition) is 2. The molecular formula is C16H26N4O2. The number of likely N-dealkylation sites (tertiary alicyclic amines) is 1. The van der Waals surface area contributed by atoms with E-state index in [1.165, 1.54) is 5.56 Å². The molecule has 0 bridgehead atoms. The molecule has 1 saturated heterocycles. The van der Waals surface area contributed by atoms with E-state index in [1.807, 2.05) is 18.7 Å². The number of aromatic nitrogens is 2. The highest BCUT2D eigenvalue weighted by Gasteiger charge is 2.17. The largest absolute Gasteiger partial charge is 0.356 e. The number of carbonyl (C=O) groups excluding carboxylic acids is 2. The van der Waals surface area contributed by atoms with Crippen LogP contribution in [-0.2, 0) is 16.0 Å². The molecule has 0 unspecified atom stereocenters. The standard InChI is InChI=1S/C16H26N4O2/c1-12-14(13(2)19-18-12)8-9-17-15(21)6-5-11-20-10-4-3-7-16(20)22/h3-11H2,1-2H3,(H,17,21)(H,18,19). The molecule has 2 heterocycles. The van der Waals surface area contributed by atoms with Crippen molar-refractivity contribution in [2.75, 3.05) is 19.6 Å². The first-order chi connectivity index (χ1) is 10.6. The Kier molecular flexibility index (Phi) is 5.98. The summed E-state index contributed by atoms with van der Waals surface area (Å²) in [6.07, 6.45) is 4.76. The minimum absolute atomic E-state index is 0.0586. The van der Waals surface area contributed by atoms with Crippen molar-refractivity contribution in [1.29, 1.82) is 0 Å². The Bertz CT molecular complexity index is 505. The molecule has 0 saturated carbocycles. The summed E-state index contributed by atoms with van der Waals surface area (Å²) in [4.78, 5) is 25.4. The van der Waals surface area contributed by atoms with Gasteiger partial charge in [-0.05, 0) is 45.1 Å². The molecule has 6 heteroatoms. The Morgan fingerprint density at radius 3 is 2.86 bits per heavy atom. The van der Waals surface area contributed by atoms with Gasteiger partial charge in [-0.2, -0.15) is 5.10 Å². The fourth-order valence-electron chi connectivity index (χ4n) is 2.89. The van der Waals surface area contributed by atoms with Gasteiger partial charge in [-0.25, -0.2) is 0 Å². The van der Waals surface area contributed by atoms with Crippen molar-refractivity contribution >= 4 is 11.8 Å². The van der Waals surface area contributed by atoms with Crippen LogP contribution in [0.5, 0.6) is 0 Å². The number of hydrogen-bond acceptors (Lipinski definition) is 3. The van der Waals surface area contributed by atoms with Crippen molar-refractivity contribution < 1.29 is 9.59 Å². The molecule has 1 fully saturated rings. The first-order valence-electron chi connectivity index (χ1n) is 8.13. The Hall–Kier alpha value is -1.85. The van der Waals surface area contributed by atoms with E-state index >= 15 is 0 Å². The average molecular weight is 306 g/mol. The molecular weight excluding hydrogens is 280 g/mol. The van der Waals surface area contributed by atoms with E-state index in [0.717, 1.165) is 43.6 Å². The van der Waals surface area contributed by atoms with E-state index < -0.39 is 0 Å². The van der Waals surface area contributed by atoms with Crippen LogP contribution in [0.25, 0.3) is 0 Å². The molecule has 2 rings (SSSR count). The Morgan fingerprint density at radius 2 is 2.18 bits per heavy atom. The summed E-state index contributed by atoms with van der Waals surface area (Å²) < 4.78 is 0. The van der Waals surface area contributed by atoms with Gasteiger partial charge in [0.05, 0.1) is 5.69 Å². The van der Waals surface area contributed by atoms with Crippen molar-refractivity contribution in [3.63, 3.8) is 0 Å². The van der Waals surface area contributed by atoms with Gasteiger partial charge in [-0.15, -0.1) is 0 Å². The first-order valence-corrected chi connectivity index (χ1v) is 8.13. The van der Waals surface area contributed by atoms with Gasteiger partial charge in [0.15, 0.2) is 0 Å². The molecule has 1 aliphatic rings. The van der Waals surface area contributed by atoms with E-state index in [4.69, 9.17) is 0 Å². The summed E-state index contributed by atoms with van der Waals surface area (Å²) in [6, 6.07) is 0. The zero-order valence-electron chi connectivity index (χ0n) is 13.6. The highest BCUT2D eigenvalue weighted by atomic mass is 16.2. The van der Waals surface area contributed by atoms with E-state index in [0.29, 0.717) is 25.9 Å². The number of amides is 2. The van der Waals surface area contributed by atoms with Crippen LogP contribution in [0.2, 0.25) is 0 Å². The van der Waals surface area contributed by atoms with E-state index in [-0.39, 0.29) is 11.8 Å². The van der Waals surface area contributed by atoms with Crippen LogP contribution < -0.4 is 5.32 Å². The molecule has 0 aromatic carbocycles. The number of aromatic amines is 1. The lowest BCUT2D eigenvalue weighted by atomic mass is 10.1. The molecule has 2 N–H and O–H groups in total. The van der Waals surface area contributed by atoms with Gasteiger partial charge >= 0.3 is 0 Å². The summed E-state index contributed by atoms with van der Waals surface area (Å²) in [5.74, 6) is 0.292. The lowest BCUT2D eigenvalue weighted by Gasteiger charge is -2.26. The number of nitrogens with zero attached hydrogens (tertiary/aromatic N) is 2. The quantitative estimate of drug-likeness (QED) is 0.801. The molecule has 0 atom stereocenters. The number of H-pyrrole nitrogens is 1. The van der Waals surface area contributed by atoms with Crippen molar-refractivity contribution in [1.82, 2.24) is 20.4 Å². The Balaban J connectivity index is 1.61. The van der Waals surface area contributed by atoms with E-state index in [2.05, 4.69) is 15.5 Å². The molecule has 1 aromatic heterocycles. The zero-order chi connectivity index (χ0) is 15.9. The van der Waals surface area contributed by atoms with E-state index in [1.54, 1.807) is 0 Å². The minimum Gasteiger partial charge on any atom is -0.356 e. The van der Waals surface area contributed by atoms with Crippen LogP contribution in [-0.4, -0.2) is 46.5 Å². The third-order valence-electron chi connectivity index (χ3n) is 4.23. The SMILES string of the molecule is Cc1n[nH]c(C)c1CCNC(=O)CCCN1CCCCC1=O. The summed E-state index contributed by atoms with van der Waals surface area (Å²) >= 11 is 0. The number of aryl methyl sites for hydroxylation is 2. The topological polar surface area (TPSA) is 78.1 Å². The number of rotatable bonds is 7. The van der Waals surface area contributed by atoms with Gasteiger partial charge in [0.2, 0.25) is 11.8 Å². The molecule has 0 radical (unpaired) electrons. The summed E-state index contributed by atoms with van der Waals surface area (Å²) in [5, 5.41) is 10.0. The highest BCUT2D eigenvalue weighted by Crippen LogP contribution is 2.11. The van der Waals surface area contributed by atoms with Crippen LogP contribution >= 0.6 is 0 Å². The number of carbonyl (C=O) groups is 2. The highest BCUT2D eigenvalue weighted by molar-refractivity contribution is 5.77. The summed E-state index contributed by atoms with van der Waals surface area (Å²) in [6.45, 7) is 6.14. The molecule has 0 spiro atoms. The maximum absolute atomic E-state index is 11.8. The van der Waals surface area contributed by atoms with Crippen LogP contribution in [0.4, 0.5) is 0 Å². The average Bonchev–Trinajstić information content (AvgIpc) is 2.81. The normalized spacial score (nSPS) is 15.2. The molecule has 2 amide bonds. The lowest BCUT2D eigenvalue weighted by Crippen LogP contribution is -2.36. The van der Waals surface area contributed by atoms with Crippen LogP contribution in [0.15, 0.2) is 0 Å². The maximum Gasteiger partial charge on any atom is 0.222 e. The Labute approximate surface area is 131 Å². The van der Waals surface area contributed by atoms with Gasteiger partial charge < -0.3 is 10.2 Å². The van der Waals surface area contributed by atoms with Gasteiger partial charge in [-0.3, -0.25) is 14.7 Å². The lowest BCUT2D eigenvalue weighted by molar-refractivity contribution is -0.133. The molecule has 122 valence electrons. The second kappa shape index (κ2) is 7.96. The first kappa shape index (κ1) is 16.5. The molecule has 6 nitrogen and oxygen atoms in total. The molecule has 1 aromatic rings. The zero-order valence-corrected chi connectivity index (χ0v) is 13.6. The minimum atomic E-state index is 0.0586. The third-order valence-corrected chi connectivity index (χ3v) is 4.23. The number of nitrogens with one attached hydrogen (secondary N) is 2. The summed E-state index contributed by atoms with van der Waals surface area (Å²) in [7, 11) is 0. The van der Waals surface area contributed by atoms with Crippen molar-refractivity contribution in [2.45, 2.75) is 52.4 Å². The maximum atomic E-state index is 11.8. The third kappa shape index (κ3) is 4.58. The van der Waals surface area contributed by atoms with Gasteiger partial charge in [-0.1, -0.05) is 0 Å². The smallest absolute Gasteiger partial charge is 0.222 e. The fourth-order valence-corrected chi connectivity index (χ4v) is 2.89. The van der Waals surface area contributed by atoms with Crippen molar-refractivity contribution in [3.05, 3.63) is 17.0 Å².